The molecule has 1 aliphatic heterocycles. The number of anilines is 1. The highest BCUT2D eigenvalue weighted by atomic mass is 16.5. The van der Waals surface area contributed by atoms with Crippen LogP contribution in [0.1, 0.15) is 40.9 Å². The summed E-state index contributed by atoms with van der Waals surface area (Å²) in [4.78, 5) is 16.8. The number of rotatable bonds is 4. The Labute approximate surface area is 139 Å². The van der Waals surface area contributed by atoms with Crippen LogP contribution < -0.4 is 10.1 Å². The number of hydrogen-bond acceptors (Lipinski definition) is 6. The normalized spacial score (nSPS) is 19.8. The maximum absolute atomic E-state index is 12.6. The first-order valence-corrected chi connectivity index (χ1v) is 8.29. The quantitative estimate of drug-likeness (QED) is 0.927. The van der Waals surface area contributed by atoms with Crippen molar-refractivity contribution in [3.63, 3.8) is 0 Å². The summed E-state index contributed by atoms with van der Waals surface area (Å²) in [6.45, 7) is 1.19. The minimum absolute atomic E-state index is 0.0653. The zero-order chi connectivity index (χ0) is 16.4. The molecule has 24 heavy (non-hydrogen) atoms. The monoisotopic (exact) mass is 329 g/mol. The van der Waals surface area contributed by atoms with E-state index in [2.05, 4.69) is 15.5 Å². The van der Waals surface area contributed by atoms with E-state index in [4.69, 9.17) is 14.0 Å². The summed E-state index contributed by atoms with van der Waals surface area (Å²) in [7, 11) is 0. The molecule has 0 aromatic carbocycles. The van der Waals surface area contributed by atoms with Gasteiger partial charge in [-0.2, -0.15) is 0 Å². The predicted octanol–water partition coefficient (Wildman–Crippen LogP) is 2.37. The van der Waals surface area contributed by atoms with Crippen LogP contribution in [0.3, 0.4) is 0 Å². The lowest BCUT2D eigenvalue weighted by atomic mass is 9.98. The van der Waals surface area contributed by atoms with Crippen molar-refractivity contribution >= 4 is 11.8 Å². The number of carbonyl (C=O) groups excluding carboxylic acids is 1. The van der Waals surface area contributed by atoms with Crippen molar-refractivity contribution in [2.75, 3.05) is 18.5 Å². The van der Waals surface area contributed by atoms with Crippen LogP contribution in [0.5, 0.6) is 5.88 Å². The molecule has 4 rings (SSSR count). The maximum Gasteiger partial charge on any atom is 0.263 e. The third kappa shape index (κ3) is 2.99. The first-order valence-electron chi connectivity index (χ1n) is 8.29. The molecule has 1 fully saturated rings. The molecule has 1 saturated heterocycles. The third-order valence-corrected chi connectivity index (χ3v) is 4.37. The largest absolute Gasteiger partial charge is 0.471 e. The molecule has 126 valence electrons. The number of ether oxygens (including phenoxy) is 2. The molecule has 0 unspecified atom stereocenters. The van der Waals surface area contributed by atoms with Gasteiger partial charge >= 0.3 is 0 Å². The molecule has 7 heteroatoms. The minimum Gasteiger partial charge on any atom is -0.471 e. The smallest absolute Gasteiger partial charge is 0.263 e. The summed E-state index contributed by atoms with van der Waals surface area (Å²) in [5.74, 6) is 0.453. The molecule has 0 saturated carbocycles. The van der Waals surface area contributed by atoms with Gasteiger partial charge in [-0.25, -0.2) is 4.98 Å². The second-order valence-corrected chi connectivity index (χ2v) is 6.06. The Bertz CT molecular complexity index is 737. The van der Waals surface area contributed by atoms with Gasteiger partial charge in [-0.05, 0) is 37.8 Å². The molecule has 2 aromatic heterocycles. The number of aryl methyl sites for hydroxylation is 1. The zero-order valence-electron chi connectivity index (χ0n) is 13.3. The average Bonchev–Trinajstić information content (AvgIpc) is 3.26. The van der Waals surface area contributed by atoms with E-state index < -0.39 is 0 Å². The van der Waals surface area contributed by atoms with E-state index in [1.807, 2.05) is 0 Å². The minimum atomic E-state index is -0.304. The fourth-order valence-corrected chi connectivity index (χ4v) is 3.08. The number of nitrogens with zero attached hydrogens (tertiary/aromatic N) is 2. The van der Waals surface area contributed by atoms with Crippen molar-refractivity contribution in [1.29, 1.82) is 0 Å². The van der Waals surface area contributed by atoms with Crippen LogP contribution in [-0.4, -0.2) is 35.4 Å². The molecule has 2 aliphatic rings. The fourth-order valence-electron chi connectivity index (χ4n) is 3.08. The van der Waals surface area contributed by atoms with Crippen LogP contribution >= 0.6 is 0 Å². The summed E-state index contributed by atoms with van der Waals surface area (Å²) >= 11 is 0. The lowest BCUT2D eigenvalue weighted by molar-refractivity contribution is 0.100. The van der Waals surface area contributed by atoms with Gasteiger partial charge in [0.1, 0.15) is 11.7 Å². The lowest BCUT2D eigenvalue weighted by Gasteiger charge is -2.14. The molecular formula is C17H19N3O4. The third-order valence-electron chi connectivity index (χ3n) is 4.37. The van der Waals surface area contributed by atoms with Crippen LogP contribution in [0.15, 0.2) is 22.9 Å². The molecule has 0 bridgehead atoms. The van der Waals surface area contributed by atoms with E-state index in [0.29, 0.717) is 30.5 Å². The summed E-state index contributed by atoms with van der Waals surface area (Å²) in [5, 5.41) is 6.87. The van der Waals surface area contributed by atoms with E-state index in [1.165, 1.54) is 0 Å². The number of carbonyl (C=O) groups is 1. The van der Waals surface area contributed by atoms with Crippen molar-refractivity contribution in [1.82, 2.24) is 10.1 Å². The van der Waals surface area contributed by atoms with Gasteiger partial charge in [0, 0.05) is 18.2 Å². The standard InChI is InChI=1S/C17H19N3O4/c21-15(19-17-12-4-1-2-6-14(12)20-24-17)13-5-3-8-18-16(13)23-11-7-9-22-10-11/h3,5,8,11H,1-2,4,6-7,9-10H2,(H,19,21)/t11-/m1/s1. The van der Waals surface area contributed by atoms with Crippen molar-refractivity contribution in [3.8, 4) is 5.88 Å². The van der Waals surface area contributed by atoms with Gasteiger partial charge in [0.25, 0.3) is 5.91 Å². The topological polar surface area (TPSA) is 86.5 Å². The van der Waals surface area contributed by atoms with E-state index in [-0.39, 0.29) is 12.0 Å². The van der Waals surface area contributed by atoms with E-state index in [1.54, 1.807) is 18.3 Å². The van der Waals surface area contributed by atoms with Gasteiger partial charge < -0.3 is 14.0 Å². The predicted molar refractivity (Wildman–Crippen MR) is 85.2 cm³/mol. The Morgan fingerprint density at radius 1 is 1.33 bits per heavy atom. The summed E-state index contributed by atoms with van der Waals surface area (Å²) in [5.41, 5.74) is 2.33. The highest BCUT2D eigenvalue weighted by molar-refractivity contribution is 6.05. The summed E-state index contributed by atoms with van der Waals surface area (Å²) < 4.78 is 16.4. The van der Waals surface area contributed by atoms with Gasteiger partial charge in [-0.3, -0.25) is 10.1 Å². The van der Waals surface area contributed by atoms with Crippen molar-refractivity contribution < 1.29 is 18.8 Å². The molecule has 1 atom stereocenters. The van der Waals surface area contributed by atoms with Crippen molar-refractivity contribution in [2.45, 2.75) is 38.2 Å². The van der Waals surface area contributed by atoms with Gasteiger partial charge in [-0.15, -0.1) is 0 Å². The summed E-state index contributed by atoms with van der Waals surface area (Å²) in [6.07, 6.45) is 6.31. The average molecular weight is 329 g/mol. The van der Waals surface area contributed by atoms with Crippen LogP contribution in [-0.2, 0) is 17.6 Å². The van der Waals surface area contributed by atoms with E-state index >= 15 is 0 Å². The number of amides is 1. The fraction of sp³-hybridized carbons (Fsp3) is 0.471. The molecular weight excluding hydrogens is 310 g/mol. The number of pyridine rings is 1. The number of nitrogens with one attached hydrogen (secondary N) is 1. The SMILES string of the molecule is O=C(Nc1onc2c1CCCC2)c1cccnc1O[C@@H]1CCOC1. The molecule has 1 amide bonds. The molecule has 1 aliphatic carbocycles. The van der Waals surface area contributed by atoms with Crippen molar-refractivity contribution in [3.05, 3.63) is 35.2 Å². The number of aromatic nitrogens is 2. The Morgan fingerprint density at radius 2 is 2.25 bits per heavy atom. The second kappa shape index (κ2) is 6.60. The Hall–Kier alpha value is -2.41. The number of hydrogen-bond donors (Lipinski definition) is 1. The molecule has 1 N–H and O–H groups in total. The van der Waals surface area contributed by atoms with Crippen LogP contribution in [0.2, 0.25) is 0 Å². The van der Waals surface area contributed by atoms with Crippen molar-refractivity contribution in [2.24, 2.45) is 0 Å². The summed E-state index contributed by atoms with van der Waals surface area (Å²) in [6, 6.07) is 3.40. The lowest BCUT2D eigenvalue weighted by Crippen LogP contribution is -2.20. The molecule has 0 radical (unpaired) electrons. The Morgan fingerprint density at radius 3 is 3.12 bits per heavy atom. The van der Waals surface area contributed by atoms with E-state index in [0.717, 1.165) is 43.4 Å². The molecule has 3 heterocycles. The highest BCUT2D eigenvalue weighted by Crippen LogP contribution is 2.28. The van der Waals surface area contributed by atoms with Gasteiger partial charge in [-0.1, -0.05) is 5.16 Å². The van der Waals surface area contributed by atoms with Crippen LogP contribution in [0, 0.1) is 0 Å². The molecule has 0 spiro atoms. The zero-order valence-corrected chi connectivity index (χ0v) is 13.3. The van der Waals surface area contributed by atoms with E-state index in [9.17, 15) is 4.79 Å². The van der Waals surface area contributed by atoms with Gasteiger partial charge in [0.05, 0.1) is 18.9 Å². The highest BCUT2D eigenvalue weighted by Gasteiger charge is 2.24. The van der Waals surface area contributed by atoms with Crippen LogP contribution in [0.25, 0.3) is 0 Å². The first kappa shape index (κ1) is 15.1. The Kier molecular flexibility index (Phi) is 4.17. The number of fused-ring (bicyclic) bond motifs is 1. The molecule has 7 nitrogen and oxygen atoms in total. The van der Waals surface area contributed by atoms with Gasteiger partial charge in [0.2, 0.25) is 11.8 Å². The second-order valence-electron chi connectivity index (χ2n) is 6.06. The first-order chi connectivity index (χ1) is 11.8. The maximum atomic E-state index is 12.6. The molecule has 2 aromatic rings. The Balaban J connectivity index is 1.53. The van der Waals surface area contributed by atoms with Crippen LogP contribution in [0.4, 0.5) is 5.88 Å². The van der Waals surface area contributed by atoms with Gasteiger partial charge in [0.15, 0.2) is 0 Å².